The number of hydrogen-bond acceptors (Lipinski definition) is 3. The third-order valence-corrected chi connectivity index (χ3v) is 2.94. The van der Waals surface area contributed by atoms with Gasteiger partial charge in [-0.3, -0.25) is 4.98 Å². The van der Waals surface area contributed by atoms with Gasteiger partial charge >= 0.3 is 6.18 Å². The second kappa shape index (κ2) is 6.27. The van der Waals surface area contributed by atoms with Gasteiger partial charge in [-0.2, -0.15) is 18.4 Å². The quantitative estimate of drug-likeness (QED) is 0.935. The summed E-state index contributed by atoms with van der Waals surface area (Å²) in [5, 5.41) is 11.8. The molecule has 1 N–H and O–H groups in total. The summed E-state index contributed by atoms with van der Waals surface area (Å²) in [6, 6.07) is 8.79. The summed E-state index contributed by atoms with van der Waals surface area (Å²) in [5.41, 5.74) is 0.277. The minimum Gasteiger partial charge on any atom is -0.385 e. The lowest BCUT2D eigenvalue weighted by atomic mass is 10.1. The second-order valence-corrected chi connectivity index (χ2v) is 4.40. The molecule has 0 aliphatic heterocycles. The number of hydrogen-bond donors (Lipinski definition) is 1. The summed E-state index contributed by atoms with van der Waals surface area (Å²) in [6.07, 6.45) is -0.436. The van der Waals surface area contributed by atoms with Crippen LogP contribution in [0.15, 0.2) is 42.7 Å². The number of nitrogens with zero attached hydrogens (tertiary/aromatic N) is 2. The van der Waals surface area contributed by atoms with Crippen LogP contribution in [0.5, 0.6) is 0 Å². The van der Waals surface area contributed by atoms with Crippen LogP contribution < -0.4 is 5.32 Å². The van der Waals surface area contributed by atoms with E-state index in [1.165, 1.54) is 12.1 Å². The molecule has 0 amide bonds. The maximum absolute atomic E-state index is 12.7. The van der Waals surface area contributed by atoms with E-state index in [1.54, 1.807) is 18.5 Å². The fraction of sp³-hybridized carbons (Fsp3) is 0.200. The van der Waals surface area contributed by atoms with Crippen molar-refractivity contribution in [3.63, 3.8) is 0 Å². The Morgan fingerprint density at radius 2 is 1.86 bits per heavy atom. The normalized spacial score (nSPS) is 11.0. The van der Waals surface area contributed by atoms with Gasteiger partial charge in [-0.15, -0.1) is 0 Å². The zero-order valence-corrected chi connectivity index (χ0v) is 11.0. The molecule has 2 rings (SSSR count). The summed E-state index contributed by atoms with van der Waals surface area (Å²) >= 11 is 0. The van der Waals surface area contributed by atoms with E-state index in [2.05, 4.69) is 10.3 Å². The van der Waals surface area contributed by atoms with E-state index < -0.39 is 11.7 Å². The Morgan fingerprint density at radius 3 is 2.48 bits per heavy atom. The van der Waals surface area contributed by atoms with Crippen LogP contribution in [0, 0.1) is 11.3 Å². The molecule has 21 heavy (non-hydrogen) atoms. The van der Waals surface area contributed by atoms with Crippen molar-refractivity contribution in [2.45, 2.75) is 12.6 Å². The summed E-state index contributed by atoms with van der Waals surface area (Å²) < 4.78 is 38.0. The van der Waals surface area contributed by atoms with Crippen molar-refractivity contribution >= 4 is 5.69 Å². The van der Waals surface area contributed by atoms with Crippen molar-refractivity contribution in [1.29, 1.82) is 5.26 Å². The molecule has 0 fully saturated rings. The molecule has 0 radical (unpaired) electrons. The first-order valence-electron chi connectivity index (χ1n) is 6.25. The molecule has 0 aliphatic carbocycles. The van der Waals surface area contributed by atoms with Gasteiger partial charge in [0, 0.05) is 24.6 Å². The molecule has 1 aromatic heterocycles. The van der Waals surface area contributed by atoms with Crippen LogP contribution in [0.1, 0.15) is 16.7 Å². The average Bonchev–Trinajstić information content (AvgIpc) is 2.47. The molecule has 0 atom stereocenters. The number of anilines is 1. The molecule has 0 spiro atoms. The Morgan fingerprint density at radius 1 is 1.14 bits per heavy atom. The summed E-state index contributed by atoms with van der Waals surface area (Å²) in [5.74, 6) is 0. The molecule has 1 heterocycles. The number of rotatable bonds is 4. The van der Waals surface area contributed by atoms with Gasteiger partial charge in [0.2, 0.25) is 0 Å². The number of pyridine rings is 1. The number of aromatic nitrogens is 1. The van der Waals surface area contributed by atoms with Crippen LogP contribution in [-0.2, 0) is 12.6 Å². The smallest absolute Gasteiger partial charge is 0.385 e. The minimum atomic E-state index is -4.51. The van der Waals surface area contributed by atoms with Gasteiger partial charge in [0.05, 0.1) is 17.2 Å². The molecule has 1 aromatic carbocycles. The van der Waals surface area contributed by atoms with Gasteiger partial charge in [0.15, 0.2) is 0 Å². The summed E-state index contributed by atoms with van der Waals surface area (Å²) in [6.45, 7) is 0.556. The topological polar surface area (TPSA) is 48.7 Å². The number of alkyl halides is 3. The van der Waals surface area contributed by atoms with Gasteiger partial charge in [-0.25, -0.2) is 0 Å². The highest BCUT2D eigenvalue weighted by atomic mass is 19.4. The summed E-state index contributed by atoms with van der Waals surface area (Å²) in [4.78, 5) is 3.90. The molecule has 0 bridgehead atoms. The maximum Gasteiger partial charge on any atom is 0.417 e. The highest BCUT2D eigenvalue weighted by Gasteiger charge is 2.33. The Labute approximate surface area is 120 Å². The zero-order chi connectivity index (χ0) is 15.3. The summed E-state index contributed by atoms with van der Waals surface area (Å²) in [7, 11) is 0. The minimum absolute atomic E-state index is 0.378. The standard InChI is InChI=1S/C15H12F3N3/c16-15(17,18)14-2-1-13(9-12(14)10-19)21-8-5-11-3-6-20-7-4-11/h1-4,6-7,9,21H,5,8H2. The molecule has 6 heteroatoms. The molecule has 0 aliphatic rings. The van der Waals surface area contributed by atoms with Crippen LogP contribution in [0.2, 0.25) is 0 Å². The third-order valence-electron chi connectivity index (χ3n) is 2.94. The number of halogens is 3. The lowest BCUT2D eigenvalue weighted by Crippen LogP contribution is -2.09. The van der Waals surface area contributed by atoms with Crippen molar-refractivity contribution < 1.29 is 13.2 Å². The van der Waals surface area contributed by atoms with Crippen LogP contribution in [-0.4, -0.2) is 11.5 Å². The van der Waals surface area contributed by atoms with E-state index in [-0.39, 0.29) is 5.56 Å². The fourth-order valence-electron chi connectivity index (χ4n) is 1.89. The van der Waals surface area contributed by atoms with Gasteiger partial charge in [0.25, 0.3) is 0 Å². The van der Waals surface area contributed by atoms with Crippen molar-refractivity contribution in [3.8, 4) is 6.07 Å². The predicted octanol–water partition coefficient (Wildman–Crippen LogP) is 3.63. The number of nitrogens with one attached hydrogen (secondary N) is 1. The molecule has 0 unspecified atom stereocenters. The Balaban J connectivity index is 2.03. The molecule has 0 saturated carbocycles. The van der Waals surface area contributed by atoms with Crippen molar-refractivity contribution in [3.05, 3.63) is 59.4 Å². The highest BCUT2D eigenvalue weighted by Crippen LogP contribution is 2.32. The van der Waals surface area contributed by atoms with E-state index in [9.17, 15) is 13.2 Å². The molecular weight excluding hydrogens is 279 g/mol. The van der Waals surface area contributed by atoms with E-state index in [4.69, 9.17) is 5.26 Å². The average molecular weight is 291 g/mol. The molecular formula is C15H12F3N3. The van der Waals surface area contributed by atoms with E-state index in [1.807, 2.05) is 12.1 Å². The van der Waals surface area contributed by atoms with Crippen molar-refractivity contribution in [2.75, 3.05) is 11.9 Å². The third kappa shape index (κ3) is 3.96. The van der Waals surface area contributed by atoms with E-state index in [0.717, 1.165) is 11.6 Å². The molecule has 0 saturated heterocycles. The van der Waals surface area contributed by atoms with Crippen LogP contribution in [0.25, 0.3) is 0 Å². The molecule has 3 nitrogen and oxygen atoms in total. The van der Waals surface area contributed by atoms with Crippen molar-refractivity contribution in [1.82, 2.24) is 4.98 Å². The fourth-order valence-corrected chi connectivity index (χ4v) is 1.89. The monoisotopic (exact) mass is 291 g/mol. The predicted molar refractivity (Wildman–Crippen MR) is 72.6 cm³/mol. The van der Waals surface area contributed by atoms with Gasteiger partial charge in [-0.05, 0) is 42.3 Å². The highest BCUT2D eigenvalue weighted by molar-refractivity contribution is 5.53. The molecule has 108 valence electrons. The first kappa shape index (κ1) is 14.9. The first-order chi connectivity index (χ1) is 10.0. The zero-order valence-electron chi connectivity index (χ0n) is 11.0. The number of nitriles is 1. The van der Waals surface area contributed by atoms with Gasteiger partial charge in [-0.1, -0.05) is 0 Å². The van der Waals surface area contributed by atoms with Crippen LogP contribution >= 0.6 is 0 Å². The molecule has 2 aromatic rings. The Kier molecular flexibility index (Phi) is 4.43. The first-order valence-corrected chi connectivity index (χ1v) is 6.25. The largest absolute Gasteiger partial charge is 0.417 e. The van der Waals surface area contributed by atoms with E-state index in [0.29, 0.717) is 18.7 Å². The lowest BCUT2D eigenvalue weighted by Gasteiger charge is -2.11. The maximum atomic E-state index is 12.7. The second-order valence-electron chi connectivity index (χ2n) is 4.40. The van der Waals surface area contributed by atoms with E-state index >= 15 is 0 Å². The Bertz CT molecular complexity index is 645. The van der Waals surface area contributed by atoms with Gasteiger partial charge in [0.1, 0.15) is 0 Å². The van der Waals surface area contributed by atoms with Crippen LogP contribution in [0.3, 0.4) is 0 Å². The van der Waals surface area contributed by atoms with Crippen molar-refractivity contribution in [2.24, 2.45) is 0 Å². The lowest BCUT2D eigenvalue weighted by molar-refractivity contribution is -0.137. The SMILES string of the molecule is N#Cc1cc(NCCc2ccncc2)ccc1C(F)(F)F. The number of benzene rings is 1. The Hall–Kier alpha value is -2.55. The van der Waals surface area contributed by atoms with Crippen LogP contribution in [0.4, 0.5) is 18.9 Å². The van der Waals surface area contributed by atoms with Gasteiger partial charge < -0.3 is 5.32 Å².